The Morgan fingerprint density at radius 2 is 2.00 bits per heavy atom. The normalized spacial score (nSPS) is 12.8. The SMILES string of the molecule is Cc1cc(S(=O)(=O)NCC(C)(C)O)ccc1Cl. The molecule has 0 saturated carbocycles. The molecule has 0 atom stereocenters. The van der Waals surface area contributed by atoms with Crippen molar-refractivity contribution in [1.29, 1.82) is 0 Å². The van der Waals surface area contributed by atoms with Gasteiger partial charge in [0.2, 0.25) is 10.0 Å². The van der Waals surface area contributed by atoms with E-state index in [4.69, 9.17) is 11.6 Å². The first kappa shape index (κ1) is 14.4. The van der Waals surface area contributed by atoms with Crippen LogP contribution in [0.2, 0.25) is 5.02 Å². The van der Waals surface area contributed by atoms with Gasteiger partial charge >= 0.3 is 0 Å². The Labute approximate surface area is 107 Å². The van der Waals surface area contributed by atoms with Crippen molar-refractivity contribution in [1.82, 2.24) is 4.72 Å². The Morgan fingerprint density at radius 3 is 2.47 bits per heavy atom. The number of hydrogen-bond donors (Lipinski definition) is 2. The van der Waals surface area contributed by atoms with E-state index in [2.05, 4.69) is 4.72 Å². The first-order valence-electron chi connectivity index (χ1n) is 5.10. The van der Waals surface area contributed by atoms with Crippen LogP contribution in [0.1, 0.15) is 19.4 Å². The summed E-state index contributed by atoms with van der Waals surface area (Å²) in [6.45, 7) is 4.75. The quantitative estimate of drug-likeness (QED) is 0.880. The van der Waals surface area contributed by atoms with Gasteiger partial charge in [-0.2, -0.15) is 0 Å². The van der Waals surface area contributed by atoms with Crippen molar-refractivity contribution >= 4 is 21.6 Å². The summed E-state index contributed by atoms with van der Waals surface area (Å²) in [4.78, 5) is 0.142. The molecule has 0 aliphatic rings. The highest BCUT2D eigenvalue weighted by atomic mass is 35.5. The molecule has 4 nitrogen and oxygen atoms in total. The predicted octanol–water partition coefficient (Wildman–Crippen LogP) is 1.70. The van der Waals surface area contributed by atoms with Crippen LogP contribution in [0.4, 0.5) is 0 Å². The third-order valence-electron chi connectivity index (χ3n) is 2.13. The summed E-state index contributed by atoms with van der Waals surface area (Å²) in [5, 5.41) is 10.00. The summed E-state index contributed by atoms with van der Waals surface area (Å²) < 4.78 is 26.1. The summed E-state index contributed by atoms with van der Waals surface area (Å²) in [5.41, 5.74) is -0.396. The van der Waals surface area contributed by atoms with Crippen LogP contribution in [-0.2, 0) is 10.0 Å². The Hall–Kier alpha value is -0.620. The molecule has 0 radical (unpaired) electrons. The van der Waals surface area contributed by atoms with Gasteiger partial charge in [0.25, 0.3) is 0 Å². The van der Waals surface area contributed by atoms with Gasteiger partial charge in [0.1, 0.15) is 0 Å². The molecule has 1 aromatic rings. The van der Waals surface area contributed by atoms with Crippen LogP contribution in [0.5, 0.6) is 0 Å². The van der Waals surface area contributed by atoms with Crippen molar-refractivity contribution in [3.63, 3.8) is 0 Å². The van der Waals surface area contributed by atoms with E-state index in [0.29, 0.717) is 10.6 Å². The Bertz CT molecular complexity index is 506. The van der Waals surface area contributed by atoms with Crippen molar-refractivity contribution in [3.8, 4) is 0 Å². The van der Waals surface area contributed by atoms with Crippen molar-refractivity contribution < 1.29 is 13.5 Å². The van der Waals surface area contributed by atoms with E-state index in [9.17, 15) is 13.5 Å². The summed E-state index contributed by atoms with van der Waals surface area (Å²) in [6.07, 6.45) is 0. The van der Waals surface area contributed by atoms with Gasteiger partial charge in [-0.25, -0.2) is 13.1 Å². The second kappa shape index (κ2) is 4.94. The largest absolute Gasteiger partial charge is 0.389 e. The maximum atomic E-state index is 11.9. The fourth-order valence-electron chi connectivity index (χ4n) is 1.14. The van der Waals surface area contributed by atoms with Crippen molar-refractivity contribution in [2.45, 2.75) is 31.3 Å². The molecule has 6 heteroatoms. The lowest BCUT2D eigenvalue weighted by Gasteiger charge is -2.17. The molecule has 96 valence electrons. The zero-order valence-electron chi connectivity index (χ0n) is 9.99. The van der Waals surface area contributed by atoms with E-state index in [1.54, 1.807) is 6.92 Å². The molecule has 0 aliphatic carbocycles. The lowest BCUT2D eigenvalue weighted by Crippen LogP contribution is -2.38. The number of halogens is 1. The first-order chi connectivity index (χ1) is 7.62. The minimum atomic E-state index is -3.60. The average Bonchev–Trinajstić information content (AvgIpc) is 2.18. The summed E-state index contributed by atoms with van der Waals surface area (Å²) in [6, 6.07) is 4.46. The number of nitrogens with one attached hydrogen (secondary N) is 1. The first-order valence-corrected chi connectivity index (χ1v) is 6.96. The van der Waals surface area contributed by atoms with Crippen LogP contribution in [-0.4, -0.2) is 25.7 Å². The Kier molecular flexibility index (Phi) is 4.19. The molecule has 0 aliphatic heterocycles. The van der Waals surface area contributed by atoms with Gasteiger partial charge in [-0.05, 0) is 44.5 Å². The van der Waals surface area contributed by atoms with Crippen molar-refractivity contribution in [2.75, 3.05) is 6.54 Å². The highest BCUT2D eigenvalue weighted by Crippen LogP contribution is 2.19. The van der Waals surface area contributed by atoms with Crippen LogP contribution < -0.4 is 4.72 Å². The zero-order chi connectivity index (χ0) is 13.3. The van der Waals surface area contributed by atoms with E-state index in [-0.39, 0.29) is 11.4 Å². The molecule has 2 N–H and O–H groups in total. The average molecular weight is 278 g/mol. The number of benzene rings is 1. The maximum Gasteiger partial charge on any atom is 0.240 e. The lowest BCUT2D eigenvalue weighted by molar-refractivity contribution is 0.0857. The second-order valence-corrected chi connectivity index (χ2v) is 6.72. The molecule has 0 amide bonds. The molecule has 0 spiro atoms. The van der Waals surface area contributed by atoms with Gasteiger partial charge in [-0.15, -0.1) is 0 Å². The van der Waals surface area contributed by atoms with E-state index in [1.165, 1.54) is 32.0 Å². The van der Waals surface area contributed by atoms with Gasteiger partial charge in [-0.3, -0.25) is 0 Å². The fraction of sp³-hybridized carbons (Fsp3) is 0.455. The molecule has 1 aromatic carbocycles. The highest BCUT2D eigenvalue weighted by molar-refractivity contribution is 7.89. The minimum Gasteiger partial charge on any atom is -0.389 e. The lowest BCUT2D eigenvalue weighted by atomic mass is 10.1. The number of rotatable bonds is 4. The topological polar surface area (TPSA) is 66.4 Å². The van der Waals surface area contributed by atoms with Crippen LogP contribution in [0.25, 0.3) is 0 Å². The van der Waals surface area contributed by atoms with Gasteiger partial charge in [0, 0.05) is 11.6 Å². The summed E-state index contributed by atoms with van der Waals surface area (Å²) >= 11 is 5.83. The minimum absolute atomic E-state index is 0.0446. The third-order valence-corrected chi connectivity index (χ3v) is 3.96. The molecular formula is C11H16ClNO3S. The van der Waals surface area contributed by atoms with Crippen LogP contribution in [0.15, 0.2) is 23.1 Å². The van der Waals surface area contributed by atoms with Gasteiger partial charge in [-0.1, -0.05) is 11.6 Å². The Balaban J connectivity index is 2.94. The standard InChI is InChI=1S/C11H16ClNO3S/c1-8-6-9(4-5-10(8)12)17(15,16)13-7-11(2,3)14/h4-6,13-14H,7H2,1-3H3. The number of aryl methyl sites for hydroxylation is 1. The van der Waals surface area contributed by atoms with Crippen molar-refractivity contribution in [2.24, 2.45) is 0 Å². The van der Waals surface area contributed by atoms with E-state index >= 15 is 0 Å². The number of sulfonamides is 1. The van der Waals surface area contributed by atoms with Crippen LogP contribution >= 0.6 is 11.6 Å². The summed E-state index contributed by atoms with van der Waals surface area (Å²) in [5.74, 6) is 0. The van der Waals surface area contributed by atoms with E-state index < -0.39 is 15.6 Å². The monoisotopic (exact) mass is 277 g/mol. The maximum absolute atomic E-state index is 11.9. The second-order valence-electron chi connectivity index (χ2n) is 4.55. The highest BCUT2D eigenvalue weighted by Gasteiger charge is 2.19. The molecular weight excluding hydrogens is 262 g/mol. The van der Waals surface area contributed by atoms with Gasteiger partial charge in [0.05, 0.1) is 10.5 Å². The van der Waals surface area contributed by atoms with Crippen LogP contribution in [0.3, 0.4) is 0 Å². The van der Waals surface area contributed by atoms with E-state index in [1.807, 2.05) is 0 Å². The Morgan fingerprint density at radius 1 is 1.41 bits per heavy atom. The molecule has 0 fully saturated rings. The molecule has 17 heavy (non-hydrogen) atoms. The molecule has 0 bridgehead atoms. The zero-order valence-corrected chi connectivity index (χ0v) is 11.6. The molecule has 0 saturated heterocycles. The number of hydrogen-bond acceptors (Lipinski definition) is 3. The van der Waals surface area contributed by atoms with Crippen molar-refractivity contribution in [3.05, 3.63) is 28.8 Å². The predicted molar refractivity (Wildman–Crippen MR) is 67.7 cm³/mol. The molecule has 0 heterocycles. The van der Waals surface area contributed by atoms with E-state index in [0.717, 1.165) is 0 Å². The van der Waals surface area contributed by atoms with Gasteiger partial charge < -0.3 is 5.11 Å². The third kappa shape index (κ3) is 4.27. The molecule has 0 aromatic heterocycles. The molecule has 0 unspecified atom stereocenters. The van der Waals surface area contributed by atoms with Gasteiger partial charge in [0.15, 0.2) is 0 Å². The molecule has 1 rings (SSSR count). The van der Waals surface area contributed by atoms with Crippen LogP contribution in [0, 0.1) is 6.92 Å². The fourth-order valence-corrected chi connectivity index (χ4v) is 2.55. The number of aliphatic hydroxyl groups is 1. The smallest absolute Gasteiger partial charge is 0.240 e. The summed E-state index contributed by atoms with van der Waals surface area (Å²) in [7, 11) is -3.60.